The summed E-state index contributed by atoms with van der Waals surface area (Å²) in [6.07, 6.45) is 1.48. The smallest absolute Gasteiger partial charge is 0.431 e. The van der Waals surface area contributed by atoms with Crippen LogP contribution in [0.15, 0.2) is 59.5 Å². The Morgan fingerprint density at radius 2 is 1.44 bits per heavy atom. The van der Waals surface area contributed by atoms with E-state index < -0.39 is 29.6 Å². The molecule has 2 aliphatic heterocycles. The third kappa shape index (κ3) is 7.34. The molecule has 2 saturated heterocycles. The van der Waals surface area contributed by atoms with Gasteiger partial charge in [-0.3, -0.25) is 4.79 Å². The molecule has 2 fully saturated rings. The van der Waals surface area contributed by atoms with E-state index in [4.69, 9.17) is 10.2 Å². The number of nitrogens with one attached hydrogen (secondary N) is 1. The Labute approximate surface area is 243 Å². The zero-order valence-corrected chi connectivity index (χ0v) is 22.6. The van der Waals surface area contributed by atoms with Crippen LogP contribution in [0.1, 0.15) is 29.1 Å². The molecule has 4 aromatic rings. The number of carbonyl (C=O) groups is 1. The monoisotopic (exact) mass is 599 g/mol. The summed E-state index contributed by atoms with van der Waals surface area (Å²) >= 11 is 0. The number of carbonyl (C=O) groups excluding carboxylic acids is 1. The number of β-amino-alcohol motifs (C(OH)–C–C–N with tert-alkyl or cyclic N) is 2. The molecule has 2 aliphatic rings. The van der Waals surface area contributed by atoms with Crippen LogP contribution in [-0.2, 0) is 6.18 Å². The van der Waals surface area contributed by atoms with Gasteiger partial charge in [-0.1, -0.05) is 18.2 Å². The van der Waals surface area contributed by atoms with E-state index in [-0.39, 0.29) is 17.7 Å². The van der Waals surface area contributed by atoms with Gasteiger partial charge in [-0.2, -0.15) is 13.2 Å². The molecule has 226 valence electrons. The summed E-state index contributed by atoms with van der Waals surface area (Å²) in [4.78, 5) is 36.3. The lowest BCUT2D eigenvalue weighted by Crippen LogP contribution is -2.23. The van der Waals surface area contributed by atoms with Crippen molar-refractivity contribution in [3.8, 4) is 11.5 Å². The molecular formula is C27H28F3N9O4. The van der Waals surface area contributed by atoms with Crippen LogP contribution in [0.3, 0.4) is 0 Å². The predicted octanol–water partition coefficient (Wildman–Crippen LogP) is 2.60. The Morgan fingerprint density at radius 3 is 1.93 bits per heavy atom. The number of aliphatic hydroxyl groups is 2. The Kier molecular flexibility index (Phi) is 8.68. The number of nitrogens with zero attached hydrogens (tertiary/aromatic N) is 7. The van der Waals surface area contributed by atoms with Crippen molar-refractivity contribution in [2.75, 3.05) is 47.0 Å². The zero-order valence-electron chi connectivity index (χ0n) is 22.6. The van der Waals surface area contributed by atoms with Crippen LogP contribution < -0.4 is 20.9 Å². The number of alkyl halides is 3. The minimum Gasteiger partial charge on any atom is -0.431 e. The molecule has 3 aromatic heterocycles. The van der Waals surface area contributed by atoms with Crippen LogP contribution in [0, 0.1) is 0 Å². The second kappa shape index (κ2) is 12.6. The van der Waals surface area contributed by atoms with Crippen molar-refractivity contribution in [1.82, 2.24) is 24.9 Å². The van der Waals surface area contributed by atoms with Gasteiger partial charge in [0, 0.05) is 31.7 Å². The standard InChI is InChI=1S/C19H16F3N5O3.C8H12N4O/c20-19(21,22)15-14(26-17(30-15)11-4-2-1-3-5-11)16(29)25-12-8-23-18(24-9-12)27-7-6-13(28)10-27;9-6-3-10-8(11-4-6)12-2-1-7(13)5-12/h1-5,8-9,13,28H,6-7,10H2,(H,25,29);3-4,7,13H,1-2,5,9H2. The van der Waals surface area contributed by atoms with Crippen LogP contribution in [0.5, 0.6) is 0 Å². The Hall–Kier alpha value is -4.83. The molecular weight excluding hydrogens is 571 g/mol. The number of oxazole rings is 1. The van der Waals surface area contributed by atoms with E-state index in [2.05, 4.69) is 30.2 Å². The molecule has 6 rings (SSSR count). The van der Waals surface area contributed by atoms with E-state index in [0.717, 1.165) is 13.0 Å². The lowest BCUT2D eigenvalue weighted by molar-refractivity contribution is -0.153. The number of benzene rings is 1. The fraction of sp³-hybridized carbons (Fsp3) is 0.333. The largest absolute Gasteiger partial charge is 0.452 e. The lowest BCUT2D eigenvalue weighted by Gasteiger charge is -2.15. The average Bonchev–Trinajstić information content (AvgIpc) is 3.75. The fourth-order valence-electron chi connectivity index (χ4n) is 4.45. The summed E-state index contributed by atoms with van der Waals surface area (Å²) in [5.74, 6) is -1.89. The number of hydrogen-bond donors (Lipinski definition) is 4. The van der Waals surface area contributed by atoms with Crippen molar-refractivity contribution < 1.29 is 32.6 Å². The fourth-order valence-corrected chi connectivity index (χ4v) is 4.45. The SMILES string of the molecule is Nc1cnc(N2CCC(O)C2)nc1.O=C(Nc1cnc(N2CCC(O)C2)nc1)c1nc(-c2ccccc2)oc1C(F)(F)F. The predicted molar refractivity (Wildman–Crippen MR) is 149 cm³/mol. The number of aromatic nitrogens is 5. The molecule has 0 aliphatic carbocycles. The van der Waals surface area contributed by atoms with Crippen LogP contribution >= 0.6 is 0 Å². The molecule has 0 radical (unpaired) electrons. The van der Waals surface area contributed by atoms with Gasteiger partial charge in [0.25, 0.3) is 5.91 Å². The van der Waals surface area contributed by atoms with E-state index >= 15 is 0 Å². The first kappa shape index (κ1) is 29.7. The molecule has 2 unspecified atom stereocenters. The van der Waals surface area contributed by atoms with Gasteiger partial charge >= 0.3 is 6.18 Å². The van der Waals surface area contributed by atoms with Gasteiger partial charge in [0.1, 0.15) is 0 Å². The normalized spacial score (nSPS) is 18.3. The highest BCUT2D eigenvalue weighted by molar-refractivity contribution is 6.03. The maximum atomic E-state index is 13.4. The van der Waals surface area contributed by atoms with Gasteiger partial charge in [0.05, 0.1) is 48.4 Å². The number of halogens is 3. The van der Waals surface area contributed by atoms with Crippen LogP contribution in [0.2, 0.25) is 0 Å². The summed E-state index contributed by atoms with van der Waals surface area (Å²) in [7, 11) is 0. The summed E-state index contributed by atoms with van der Waals surface area (Å²) < 4.78 is 45.0. The van der Waals surface area contributed by atoms with E-state index in [1.807, 2.05) is 4.90 Å². The molecule has 0 spiro atoms. The molecule has 0 saturated carbocycles. The maximum Gasteiger partial charge on any atom is 0.452 e. The van der Waals surface area contributed by atoms with Gasteiger partial charge in [-0.25, -0.2) is 24.9 Å². The second-order valence-electron chi connectivity index (χ2n) is 9.88. The number of hydrogen-bond acceptors (Lipinski definition) is 12. The van der Waals surface area contributed by atoms with Crippen molar-refractivity contribution in [3.05, 3.63) is 66.6 Å². The van der Waals surface area contributed by atoms with Gasteiger partial charge in [-0.05, 0) is 25.0 Å². The molecule has 16 heteroatoms. The van der Waals surface area contributed by atoms with E-state index in [0.29, 0.717) is 49.2 Å². The van der Waals surface area contributed by atoms with Crippen molar-refractivity contribution in [2.24, 2.45) is 0 Å². The van der Waals surface area contributed by atoms with Crippen LogP contribution in [0.4, 0.5) is 36.4 Å². The number of aliphatic hydroxyl groups excluding tert-OH is 2. The number of nitrogens with two attached hydrogens (primary N) is 1. The first-order chi connectivity index (χ1) is 20.6. The third-order valence-electron chi connectivity index (χ3n) is 6.57. The minimum atomic E-state index is -4.90. The first-order valence-corrected chi connectivity index (χ1v) is 13.3. The Bertz CT molecular complexity index is 1520. The zero-order chi connectivity index (χ0) is 30.6. The highest BCUT2D eigenvalue weighted by atomic mass is 19.4. The maximum absolute atomic E-state index is 13.4. The molecule has 5 N–H and O–H groups in total. The van der Waals surface area contributed by atoms with Crippen LogP contribution in [-0.4, -0.2) is 79.4 Å². The van der Waals surface area contributed by atoms with Crippen molar-refractivity contribution in [3.63, 3.8) is 0 Å². The average molecular weight is 600 g/mol. The molecule has 0 bridgehead atoms. The molecule has 1 aromatic carbocycles. The Morgan fingerprint density at radius 1 is 0.907 bits per heavy atom. The van der Waals surface area contributed by atoms with Crippen molar-refractivity contribution in [1.29, 1.82) is 0 Å². The van der Waals surface area contributed by atoms with E-state index in [1.54, 1.807) is 35.5 Å². The van der Waals surface area contributed by atoms with E-state index in [9.17, 15) is 28.2 Å². The quantitative estimate of drug-likeness (QED) is 0.264. The topological polar surface area (TPSA) is 180 Å². The molecule has 1 amide bonds. The lowest BCUT2D eigenvalue weighted by atomic mass is 10.2. The van der Waals surface area contributed by atoms with Crippen molar-refractivity contribution in [2.45, 2.75) is 31.2 Å². The van der Waals surface area contributed by atoms with Gasteiger partial charge in [0.15, 0.2) is 5.69 Å². The summed E-state index contributed by atoms with van der Waals surface area (Å²) in [5, 5.41) is 21.2. The van der Waals surface area contributed by atoms with Crippen LogP contribution in [0.25, 0.3) is 11.5 Å². The third-order valence-corrected chi connectivity index (χ3v) is 6.57. The van der Waals surface area contributed by atoms with Gasteiger partial charge < -0.3 is 35.5 Å². The summed E-state index contributed by atoms with van der Waals surface area (Å²) in [5.41, 5.74) is 5.54. The molecule has 5 heterocycles. The number of rotatable bonds is 5. The number of nitrogen functional groups attached to an aromatic ring is 1. The first-order valence-electron chi connectivity index (χ1n) is 13.3. The summed E-state index contributed by atoms with van der Waals surface area (Å²) in [6.45, 7) is 2.40. The molecule has 13 nitrogen and oxygen atoms in total. The second-order valence-corrected chi connectivity index (χ2v) is 9.88. The Balaban J connectivity index is 0.000000235. The highest BCUT2D eigenvalue weighted by Gasteiger charge is 2.42. The van der Waals surface area contributed by atoms with Gasteiger partial charge in [-0.15, -0.1) is 0 Å². The van der Waals surface area contributed by atoms with E-state index in [1.165, 1.54) is 24.5 Å². The summed E-state index contributed by atoms with van der Waals surface area (Å²) in [6, 6.07) is 7.97. The molecule has 43 heavy (non-hydrogen) atoms. The highest BCUT2D eigenvalue weighted by Crippen LogP contribution is 2.35. The van der Waals surface area contributed by atoms with Gasteiger partial charge in [0.2, 0.25) is 23.5 Å². The molecule has 2 atom stereocenters. The van der Waals surface area contributed by atoms with Crippen molar-refractivity contribution >= 4 is 29.2 Å². The number of amides is 1. The minimum absolute atomic E-state index is 0.0980. The number of anilines is 4.